The van der Waals surface area contributed by atoms with Gasteiger partial charge in [-0.3, -0.25) is 10.1 Å². The second-order valence-corrected chi connectivity index (χ2v) is 7.80. The second kappa shape index (κ2) is 8.26. The van der Waals surface area contributed by atoms with Crippen molar-refractivity contribution in [2.45, 2.75) is 48.9 Å². The van der Waals surface area contributed by atoms with Crippen LogP contribution in [0, 0.1) is 0 Å². The fourth-order valence-electron chi connectivity index (χ4n) is 2.50. The number of alkyl halides is 3. The van der Waals surface area contributed by atoms with Gasteiger partial charge in [-0.05, 0) is 25.3 Å². The molecule has 0 saturated heterocycles. The number of urea groups is 1. The highest BCUT2D eigenvalue weighted by Crippen LogP contribution is 2.31. The van der Waals surface area contributed by atoms with Crippen LogP contribution in [0.25, 0.3) is 11.3 Å². The van der Waals surface area contributed by atoms with Gasteiger partial charge in [0.15, 0.2) is 5.16 Å². The van der Waals surface area contributed by atoms with Gasteiger partial charge in [0.05, 0.1) is 17.1 Å². The highest BCUT2D eigenvalue weighted by molar-refractivity contribution is 8.00. The monoisotopic (exact) mass is 412 g/mol. The van der Waals surface area contributed by atoms with Gasteiger partial charge in [-0.25, -0.2) is 9.78 Å². The van der Waals surface area contributed by atoms with Crippen molar-refractivity contribution in [1.29, 1.82) is 0 Å². The molecule has 1 atom stereocenters. The van der Waals surface area contributed by atoms with Crippen LogP contribution in [0.3, 0.4) is 0 Å². The Morgan fingerprint density at radius 3 is 2.57 bits per heavy atom. The molecule has 1 aromatic carbocycles. The molecule has 28 heavy (non-hydrogen) atoms. The molecule has 3 amide bonds. The lowest BCUT2D eigenvalue weighted by Gasteiger charge is -2.16. The molecule has 0 radical (unpaired) electrons. The molecular weight excluding hydrogens is 393 g/mol. The first kappa shape index (κ1) is 20.2. The van der Waals surface area contributed by atoms with E-state index in [4.69, 9.17) is 0 Å². The lowest BCUT2D eigenvalue weighted by atomic mass is 10.2. The topological polar surface area (TPSA) is 76.0 Å². The first-order valence-corrected chi connectivity index (χ1v) is 9.56. The number of nitrogens with one attached hydrogen (secondary N) is 2. The minimum atomic E-state index is -4.45. The number of aromatic nitrogens is 2. The van der Waals surface area contributed by atoms with Gasteiger partial charge in [0.2, 0.25) is 5.91 Å². The molecule has 1 aliphatic carbocycles. The van der Waals surface area contributed by atoms with Crippen molar-refractivity contribution < 1.29 is 22.8 Å². The number of nitrogens with zero attached hydrogens (tertiary/aromatic N) is 2. The molecule has 1 unspecified atom stereocenters. The SMILES string of the molecule is CC(Sc1ncc(-c2ccccc2)n1CC(F)(F)F)C(=O)NC(=O)NC1CC1. The molecule has 6 nitrogen and oxygen atoms in total. The maximum Gasteiger partial charge on any atom is 0.406 e. The summed E-state index contributed by atoms with van der Waals surface area (Å²) in [5.41, 5.74) is 0.895. The molecule has 1 fully saturated rings. The summed E-state index contributed by atoms with van der Waals surface area (Å²) in [5, 5.41) is 4.08. The molecule has 1 saturated carbocycles. The van der Waals surface area contributed by atoms with Crippen LogP contribution in [0.5, 0.6) is 0 Å². The summed E-state index contributed by atoms with van der Waals surface area (Å²) in [7, 11) is 0. The van der Waals surface area contributed by atoms with Crippen LogP contribution >= 0.6 is 11.8 Å². The van der Waals surface area contributed by atoms with E-state index in [0.717, 1.165) is 29.2 Å². The Labute approximate surface area is 163 Å². The third-order valence-corrected chi connectivity index (χ3v) is 5.13. The summed E-state index contributed by atoms with van der Waals surface area (Å²) in [4.78, 5) is 27.9. The maximum atomic E-state index is 13.1. The predicted octanol–water partition coefficient (Wildman–Crippen LogP) is 3.58. The lowest BCUT2D eigenvalue weighted by molar-refractivity contribution is -0.141. The molecule has 10 heteroatoms. The van der Waals surface area contributed by atoms with Crippen LogP contribution in [-0.2, 0) is 11.3 Å². The third kappa shape index (κ3) is 5.51. The summed E-state index contributed by atoms with van der Waals surface area (Å²) in [6.07, 6.45) is -1.34. The van der Waals surface area contributed by atoms with Crippen LogP contribution in [0.15, 0.2) is 41.7 Å². The number of benzene rings is 1. The Morgan fingerprint density at radius 2 is 1.96 bits per heavy atom. The number of halogens is 3. The number of hydrogen-bond acceptors (Lipinski definition) is 4. The van der Waals surface area contributed by atoms with Crippen LogP contribution in [0.4, 0.5) is 18.0 Å². The van der Waals surface area contributed by atoms with E-state index in [1.807, 2.05) is 0 Å². The molecule has 1 aliphatic rings. The summed E-state index contributed by atoms with van der Waals surface area (Å²) >= 11 is 0.871. The van der Waals surface area contributed by atoms with Crippen molar-refractivity contribution >= 4 is 23.7 Å². The minimum Gasteiger partial charge on any atom is -0.335 e. The van der Waals surface area contributed by atoms with E-state index in [9.17, 15) is 22.8 Å². The number of rotatable bonds is 6. The number of carbonyl (C=O) groups excluding carboxylic acids is 2. The first-order valence-electron chi connectivity index (χ1n) is 8.68. The molecule has 0 aliphatic heterocycles. The quantitative estimate of drug-likeness (QED) is 0.711. The minimum absolute atomic E-state index is 0.0569. The van der Waals surface area contributed by atoms with Crippen LogP contribution in [0.1, 0.15) is 19.8 Å². The maximum absolute atomic E-state index is 13.1. The Hall–Kier alpha value is -2.49. The summed E-state index contributed by atoms with van der Waals surface area (Å²) in [6.45, 7) is 0.287. The lowest BCUT2D eigenvalue weighted by Crippen LogP contribution is -2.43. The third-order valence-electron chi connectivity index (χ3n) is 4.03. The molecular formula is C18H19F3N4O2S. The van der Waals surface area contributed by atoms with E-state index < -0.39 is 29.9 Å². The van der Waals surface area contributed by atoms with Crippen molar-refractivity contribution in [3.63, 3.8) is 0 Å². The van der Waals surface area contributed by atoms with Gasteiger partial charge < -0.3 is 9.88 Å². The van der Waals surface area contributed by atoms with Crippen LogP contribution in [-0.4, -0.2) is 39.0 Å². The largest absolute Gasteiger partial charge is 0.406 e. The number of imide groups is 1. The van der Waals surface area contributed by atoms with E-state index >= 15 is 0 Å². The molecule has 2 N–H and O–H groups in total. The average molecular weight is 412 g/mol. The first-order chi connectivity index (χ1) is 13.2. The van der Waals surface area contributed by atoms with Crippen molar-refractivity contribution in [2.24, 2.45) is 0 Å². The zero-order chi connectivity index (χ0) is 20.3. The summed E-state index contributed by atoms with van der Waals surface area (Å²) in [5.74, 6) is -0.592. The molecule has 2 aromatic rings. The van der Waals surface area contributed by atoms with Gasteiger partial charge in [-0.1, -0.05) is 42.1 Å². The summed E-state index contributed by atoms with van der Waals surface area (Å²) in [6, 6.07) is 8.10. The van der Waals surface area contributed by atoms with Gasteiger partial charge in [-0.2, -0.15) is 13.2 Å². The van der Waals surface area contributed by atoms with Gasteiger partial charge in [0.25, 0.3) is 0 Å². The van der Waals surface area contributed by atoms with Crippen molar-refractivity contribution in [1.82, 2.24) is 20.2 Å². The van der Waals surface area contributed by atoms with Crippen LogP contribution in [0.2, 0.25) is 0 Å². The number of amides is 3. The Morgan fingerprint density at radius 1 is 1.29 bits per heavy atom. The predicted molar refractivity (Wildman–Crippen MR) is 98.7 cm³/mol. The summed E-state index contributed by atoms with van der Waals surface area (Å²) < 4.78 is 40.3. The number of imidazole rings is 1. The Balaban J connectivity index is 1.75. The Bertz CT molecular complexity index is 850. The smallest absolute Gasteiger partial charge is 0.335 e. The fraction of sp³-hybridized carbons (Fsp3) is 0.389. The number of hydrogen-bond donors (Lipinski definition) is 2. The van der Waals surface area contributed by atoms with Crippen LogP contribution < -0.4 is 10.6 Å². The molecule has 0 spiro atoms. The van der Waals surface area contributed by atoms with E-state index in [2.05, 4.69) is 15.6 Å². The van der Waals surface area contributed by atoms with E-state index in [0.29, 0.717) is 11.3 Å². The van der Waals surface area contributed by atoms with Crippen molar-refractivity contribution in [3.8, 4) is 11.3 Å². The average Bonchev–Trinajstić information content (AvgIpc) is 3.35. The van der Waals surface area contributed by atoms with E-state index in [-0.39, 0.29) is 11.2 Å². The van der Waals surface area contributed by atoms with Crippen molar-refractivity contribution in [3.05, 3.63) is 36.5 Å². The zero-order valence-electron chi connectivity index (χ0n) is 15.0. The second-order valence-electron chi connectivity index (χ2n) is 6.49. The Kier molecular flexibility index (Phi) is 5.97. The number of thioether (sulfide) groups is 1. The van der Waals surface area contributed by atoms with E-state index in [1.54, 1.807) is 30.3 Å². The molecule has 3 rings (SSSR count). The molecule has 150 valence electrons. The van der Waals surface area contributed by atoms with E-state index in [1.165, 1.54) is 13.1 Å². The van der Waals surface area contributed by atoms with Gasteiger partial charge in [-0.15, -0.1) is 0 Å². The normalized spacial score (nSPS) is 15.1. The van der Waals surface area contributed by atoms with Gasteiger partial charge >= 0.3 is 12.2 Å². The molecule has 1 aromatic heterocycles. The standard InChI is InChI=1S/C18H19F3N4O2S/c1-11(15(26)24-16(27)23-13-7-8-13)28-17-22-9-14(12-5-3-2-4-6-12)25(17)10-18(19,20)21/h2-6,9,11,13H,7-8,10H2,1H3,(H2,23,24,26,27). The van der Waals surface area contributed by atoms with Gasteiger partial charge in [0, 0.05) is 6.04 Å². The highest BCUT2D eigenvalue weighted by Gasteiger charge is 2.32. The number of carbonyl (C=O) groups is 2. The fourth-order valence-corrected chi connectivity index (χ4v) is 3.38. The highest BCUT2D eigenvalue weighted by atomic mass is 32.2. The molecule has 1 heterocycles. The zero-order valence-corrected chi connectivity index (χ0v) is 15.8. The molecule has 0 bridgehead atoms. The van der Waals surface area contributed by atoms with Gasteiger partial charge in [0.1, 0.15) is 6.54 Å². The van der Waals surface area contributed by atoms with Crippen molar-refractivity contribution in [2.75, 3.05) is 0 Å².